The number of thiocarbonyl (C=S) groups is 1. The van der Waals surface area contributed by atoms with E-state index in [0.29, 0.717) is 5.56 Å². The summed E-state index contributed by atoms with van der Waals surface area (Å²) in [6.45, 7) is 0. The van der Waals surface area contributed by atoms with Crippen LogP contribution in [0.4, 0.5) is 0 Å². The monoisotopic (exact) mass is 210 g/mol. The molecule has 0 saturated heterocycles. The maximum absolute atomic E-state index is 9.35. The fourth-order valence-corrected chi connectivity index (χ4v) is 0.850. The number of phenols is 1. The predicted molar refractivity (Wildman–Crippen MR) is 58.4 cm³/mol. The van der Waals surface area contributed by atoms with Gasteiger partial charge in [0.1, 0.15) is 5.75 Å². The van der Waals surface area contributed by atoms with Crippen molar-refractivity contribution >= 4 is 23.6 Å². The number of rotatable bonds is 2. The van der Waals surface area contributed by atoms with Crippen LogP contribution in [0.1, 0.15) is 5.56 Å². The summed E-state index contributed by atoms with van der Waals surface area (Å²) >= 11 is 4.69. The number of hydrogen-bond acceptors (Lipinski definition) is 4. The van der Waals surface area contributed by atoms with Crippen molar-refractivity contribution in [3.8, 4) is 5.75 Å². The molecule has 5 heteroatoms. The molecule has 0 spiro atoms. The van der Waals surface area contributed by atoms with Crippen LogP contribution in [-0.4, -0.2) is 23.6 Å². The Labute approximate surface area is 87.2 Å². The van der Waals surface area contributed by atoms with E-state index in [-0.39, 0.29) is 10.9 Å². The van der Waals surface area contributed by atoms with Crippen molar-refractivity contribution in [3.05, 3.63) is 29.8 Å². The van der Waals surface area contributed by atoms with Gasteiger partial charge in [0.2, 0.25) is 0 Å². The first-order valence-corrected chi connectivity index (χ1v) is 4.30. The van der Waals surface area contributed by atoms with Crippen LogP contribution in [0.25, 0.3) is 0 Å². The summed E-state index contributed by atoms with van der Waals surface area (Å²) in [6.07, 6.45) is 1.46. The number of aromatic hydroxyl groups is 1. The molecule has 0 atom stereocenters. The average molecular weight is 210 g/mol. The Morgan fingerprint density at radius 3 is 2.93 bits per heavy atom. The third-order valence-corrected chi connectivity index (χ3v) is 1.74. The van der Waals surface area contributed by atoms with Crippen molar-refractivity contribution in [3.63, 3.8) is 0 Å². The number of benzene rings is 1. The van der Waals surface area contributed by atoms with Crippen LogP contribution in [0.5, 0.6) is 5.75 Å². The van der Waals surface area contributed by atoms with Gasteiger partial charge in [0, 0.05) is 5.56 Å². The van der Waals surface area contributed by atoms with Gasteiger partial charge in [0.25, 0.3) is 5.17 Å². The molecule has 0 amide bonds. The molecule has 1 aromatic rings. The van der Waals surface area contributed by atoms with E-state index in [1.165, 1.54) is 13.3 Å². The molecular formula is C9H10N2O2S. The summed E-state index contributed by atoms with van der Waals surface area (Å²) in [6, 6.07) is 6.85. The molecule has 74 valence electrons. The van der Waals surface area contributed by atoms with Gasteiger partial charge in [0.05, 0.1) is 13.3 Å². The van der Waals surface area contributed by atoms with Crippen LogP contribution in [0, 0.1) is 0 Å². The molecular weight excluding hydrogens is 200 g/mol. The molecule has 0 unspecified atom stereocenters. The van der Waals surface area contributed by atoms with Gasteiger partial charge in [-0.05, 0) is 24.4 Å². The molecule has 0 radical (unpaired) electrons. The molecule has 0 bridgehead atoms. The molecule has 2 N–H and O–H groups in total. The first kappa shape index (κ1) is 10.5. The number of nitrogens with zero attached hydrogens (tertiary/aromatic N) is 1. The highest BCUT2D eigenvalue weighted by molar-refractivity contribution is 7.80. The van der Waals surface area contributed by atoms with Crippen LogP contribution >= 0.6 is 12.2 Å². The lowest BCUT2D eigenvalue weighted by atomic mass is 10.2. The van der Waals surface area contributed by atoms with E-state index in [9.17, 15) is 5.11 Å². The molecule has 0 aliphatic rings. The Balaban J connectivity index is 2.60. The molecule has 0 aliphatic carbocycles. The second kappa shape index (κ2) is 5.18. The molecule has 1 aromatic carbocycles. The fraction of sp³-hybridized carbons (Fsp3) is 0.111. The molecule has 1 rings (SSSR count). The number of nitrogens with one attached hydrogen (secondary N) is 1. The third-order valence-electron chi connectivity index (χ3n) is 1.48. The summed E-state index contributed by atoms with van der Waals surface area (Å²) in [5.74, 6) is 0.168. The number of hydrazone groups is 1. The van der Waals surface area contributed by atoms with Gasteiger partial charge in [-0.25, -0.2) is 5.43 Å². The van der Waals surface area contributed by atoms with Gasteiger partial charge in [-0.2, -0.15) is 5.10 Å². The lowest BCUT2D eigenvalue weighted by Crippen LogP contribution is -2.16. The quantitative estimate of drug-likeness (QED) is 0.438. The summed E-state index contributed by atoms with van der Waals surface area (Å²) < 4.78 is 4.66. The normalized spacial score (nSPS) is 10.1. The van der Waals surface area contributed by atoms with Crippen LogP contribution in [0.2, 0.25) is 0 Å². The van der Waals surface area contributed by atoms with Crippen molar-refractivity contribution in [2.75, 3.05) is 7.11 Å². The molecule has 0 fully saturated rings. The van der Waals surface area contributed by atoms with E-state index in [1.54, 1.807) is 24.3 Å². The van der Waals surface area contributed by atoms with E-state index >= 15 is 0 Å². The summed E-state index contributed by atoms with van der Waals surface area (Å²) in [4.78, 5) is 0. The van der Waals surface area contributed by atoms with E-state index in [2.05, 4.69) is 15.3 Å². The molecule has 0 heterocycles. The highest BCUT2D eigenvalue weighted by Gasteiger charge is 1.94. The maximum Gasteiger partial charge on any atom is 0.277 e. The van der Waals surface area contributed by atoms with Gasteiger partial charge in [-0.3, -0.25) is 0 Å². The minimum atomic E-state index is 0.168. The van der Waals surface area contributed by atoms with Crippen molar-refractivity contribution in [2.24, 2.45) is 5.10 Å². The second-order valence-corrected chi connectivity index (χ2v) is 2.79. The van der Waals surface area contributed by atoms with Crippen molar-refractivity contribution in [1.29, 1.82) is 0 Å². The highest BCUT2D eigenvalue weighted by atomic mass is 32.1. The van der Waals surface area contributed by atoms with Gasteiger partial charge < -0.3 is 9.84 Å². The van der Waals surface area contributed by atoms with E-state index in [1.807, 2.05) is 0 Å². The Morgan fingerprint density at radius 1 is 1.57 bits per heavy atom. The van der Waals surface area contributed by atoms with Gasteiger partial charge in [-0.15, -0.1) is 0 Å². The Bertz CT molecular complexity index is 352. The maximum atomic E-state index is 9.35. The third kappa shape index (κ3) is 3.02. The Morgan fingerprint density at radius 2 is 2.29 bits per heavy atom. The first-order valence-electron chi connectivity index (χ1n) is 3.89. The minimum Gasteiger partial charge on any atom is -0.507 e. The summed E-state index contributed by atoms with van der Waals surface area (Å²) in [5.41, 5.74) is 3.09. The SMILES string of the molecule is COC(=S)N/N=C/c1ccccc1O. The zero-order valence-corrected chi connectivity index (χ0v) is 8.41. The summed E-state index contributed by atoms with van der Waals surface area (Å²) in [7, 11) is 1.45. The summed E-state index contributed by atoms with van der Waals surface area (Å²) in [5, 5.41) is 13.3. The van der Waals surface area contributed by atoms with Crippen LogP contribution in [0.15, 0.2) is 29.4 Å². The van der Waals surface area contributed by atoms with Gasteiger partial charge >= 0.3 is 0 Å². The smallest absolute Gasteiger partial charge is 0.277 e. The standard InChI is InChI=1S/C9H10N2O2S/c1-13-9(14)11-10-6-7-4-2-3-5-8(7)12/h2-6,12H,1H3,(H,11,14)/b10-6+. The number of phenolic OH excluding ortho intramolecular Hbond substituents is 1. The van der Waals surface area contributed by atoms with Crippen molar-refractivity contribution in [1.82, 2.24) is 5.43 Å². The highest BCUT2D eigenvalue weighted by Crippen LogP contribution is 2.12. The van der Waals surface area contributed by atoms with Gasteiger partial charge in [0.15, 0.2) is 0 Å². The molecule has 4 nitrogen and oxygen atoms in total. The van der Waals surface area contributed by atoms with E-state index in [4.69, 9.17) is 12.2 Å². The first-order chi connectivity index (χ1) is 6.74. The molecule has 0 aliphatic heterocycles. The largest absolute Gasteiger partial charge is 0.507 e. The number of para-hydroxylation sites is 1. The van der Waals surface area contributed by atoms with Crippen LogP contribution in [-0.2, 0) is 4.74 Å². The number of ether oxygens (including phenoxy) is 1. The lowest BCUT2D eigenvalue weighted by molar-refractivity contribution is 0.395. The second-order valence-electron chi connectivity index (χ2n) is 2.42. The van der Waals surface area contributed by atoms with E-state index in [0.717, 1.165) is 0 Å². The minimum absolute atomic E-state index is 0.168. The zero-order chi connectivity index (χ0) is 10.4. The predicted octanol–water partition coefficient (Wildman–Crippen LogP) is 1.25. The molecule has 0 aromatic heterocycles. The van der Waals surface area contributed by atoms with Gasteiger partial charge in [-0.1, -0.05) is 12.1 Å². The van der Waals surface area contributed by atoms with Crippen molar-refractivity contribution < 1.29 is 9.84 Å². The lowest BCUT2D eigenvalue weighted by Gasteiger charge is -1.99. The van der Waals surface area contributed by atoms with Crippen LogP contribution in [0.3, 0.4) is 0 Å². The van der Waals surface area contributed by atoms with E-state index < -0.39 is 0 Å². The fourth-order valence-electron chi connectivity index (χ4n) is 0.797. The molecule has 0 saturated carbocycles. The Kier molecular flexibility index (Phi) is 3.87. The Hall–Kier alpha value is -1.62. The number of methoxy groups -OCH3 is 1. The van der Waals surface area contributed by atoms with Crippen LogP contribution < -0.4 is 5.43 Å². The average Bonchev–Trinajstić information content (AvgIpc) is 2.20. The van der Waals surface area contributed by atoms with Crippen molar-refractivity contribution in [2.45, 2.75) is 0 Å². The number of hydrogen-bond donors (Lipinski definition) is 2. The molecule has 14 heavy (non-hydrogen) atoms. The topological polar surface area (TPSA) is 53.8 Å². The zero-order valence-electron chi connectivity index (χ0n) is 7.60.